The van der Waals surface area contributed by atoms with E-state index < -0.39 is 5.97 Å². The van der Waals surface area contributed by atoms with Gasteiger partial charge < -0.3 is 14.7 Å². The van der Waals surface area contributed by atoms with Crippen LogP contribution >= 0.6 is 0 Å². The zero-order valence-electron chi connectivity index (χ0n) is 13.0. The topological polar surface area (TPSA) is 75.5 Å². The minimum atomic E-state index is -0.737. The van der Waals surface area contributed by atoms with Gasteiger partial charge in [0, 0.05) is 24.8 Å². The highest BCUT2D eigenvalue weighted by Gasteiger charge is 2.26. The number of carboxylic acids is 1. The summed E-state index contributed by atoms with van der Waals surface area (Å²) >= 11 is 0. The smallest absolute Gasteiger partial charge is 0.308 e. The van der Waals surface area contributed by atoms with Crippen LogP contribution in [0.3, 0.4) is 0 Å². The number of benzene rings is 1. The van der Waals surface area contributed by atoms with Crippen LogP contribution in [0.1, 0.15) is 12.8 Å². The summed E-state index contributed by atoms with van der Waals surface area (Å²) in [6, 6.07) is 9.39. The second-order valence-corrected chi connectivity index (χ2v) is 5.59. The van der Waals surface area contributed by atoms with Crippen LogP contribution in [0, 0.1) is 5.92 Å². The van der Waals surface area contributed by atoms with Crippen LogP contribution in [-0.4, -0.2) is 41.2 Å². The van der Waals surface area contributed by atoms with E-state index in [4.69, 9.17) is 4.74 Å². The van der Waals surface area contributed by atoms with Gasteiger partial charge in [-0.15, -0.1) is 0 Å². The highest BCUT2D eigenvalue weighted by atomic mass is 16.5. The van der Waals surface area contributed by atoms with Crippen LogP contribution < -0.4 is 9.64 Å². The monoisotopic (exact) mass is 313 g/mol. The molecule has 1 aliphatic rings. The summed E-state index contributed by atoms with van der Waals surface area (Å²) in [6.45, 7) is 1.32. The van der Waals surface area contributed by atoms with Gasteiger partial charge in [0.05, 0.1) is 13.0 Å². The molecule has 120 valence electrons. The van der Waals surface area contributed by atoms with Crippen molar-refractivity contribution in [1.82, 2.24) is 9.97 Å². The minimum absolute atomic E-state index is 0.330. The molecule has 0 radical (unpaired) electrons. The van der Waals surface area contributed by atoms with Crippen molar-refractivity contribution in [2.24, 2.45) is 5.92 Å². The normalized spacial score (nSPS) is 17.8. The number of anilines is 1. The molecule has 1 N–H and O–H groups in total. The summed E-state index contributed by atoms with van der Waals surface area (Å²) in [6.07, 6.45) is 3.30. The fourth-order valence-corrected chi connectivity index (χ4v) is 2.79. The number of rotatable bonds is 4. The molecule has 1 unspecified atom stereocenters. The third kappa shape index (κ3) is 3.41. The molecular weight excluding hydrogens is 294 g/mol. The summed E-state index contributed by atoms with van der Waals surface area (Å²) in [5.74, 6) is 1.12. The zero-order chi connectivity index (χ0) is 16.2. The lowest BCUT2D eigenvalue weighted by Crippen LogP contribution is -2.39. The molecule has 1 aliphatic heterocycles. The van der Waals surface area contributed by atoms with E-state index in [2.05, 4.69) is 9.97 Å². The van der Waals surface area contributed by atoms with Gasteiger partial charge in [0.25, 0.3) is 0 Å². The predicted molar refractivity (Wildman–Crippen MR) is 86.6 cm³/mol. The Hall–Kier alpha value is -2.63. The second-order valence-electron chi connectivity index (χ2n) is 5.59. The fraction of sp³-hybridized carbons (Fsp3) is 0.353. The Bertz CT molecular complexity index is 688. The largest absolute Gasteiger partial charge is 0.497 e. The first-order valence-corrected chi connectivity index (χ1v) is 7.62. The van der Waals surface area contributed by atoms with Crippen molar-refractivity contribution in [3.63, 3.8) is 0 Å². The van der Waals surface area contributed by atoms with Crippen molar-refractivity contribution in [2.75, 3.05) is 25.1 Å². The van der Waals surface area contributed by atoms with Crippen molar-refractivity contribution in [1.29, 1.82) is 0 Å². The van der Waals surface area contributed by atoms with Gasteiger partial charge >= 0.3 is 5.97 Å². The van der Waals surface area contributed by atoms with E-state index in [1.165, 1.54) is 0 Å². The van der Waals surface area contributed by atoms with Crippen LogP contribution in [0.5, 0.6) is 5.75 Å². The lowest BCUT2D eigenvalue weighted by molar-refractivity contribution is -0.141. The highest BCUT2D eigenvalue weighted by Crippen LogP contribution is 2.24. The van der Waals surface area contributed by atoms with Gasteiger partial charge in [0.2, 0.25) is 0 Å². The first-order chi connectivity index (χ1) is 11.2. The van der Waals surface area contributed by atoms with Gasteiger partial charge in [-0.2, -0.15) is 0 Å². The number of aliphatic carboxylic acids is 1. The predicted octanol–water partition coefficient (Wildman–Crippen LogP) is 2.45. The second kappa shape index (κ2) is 6.64. The van der Waals surface area contributed by atoms with Gasteiger partial charge in [-0.25, -0.2) is 9.97 Å². The molecule has 2 aromatic rings. The Labute approximate surface area is 134 Å². The molecule has 1 saturated heterocycles. The van der Waals surface area contributed by atoms with Crippen LogP contribution in [0.25, 0.3) is 11.4 Å². The number of nitrogens with zero attached hydrogens (tertiary/aromatic N) is 3. The van der Waals surface area contributed by atoms with E-state index in [-0.39, 0.29) is 5.92 Å². The van der Waals surface area contributed by atoms with E-state index in [0.717, 1.165) is 36.5 Å². The Balaban J connectivity index is 1.82. The van der Waals surface area contributed by atoms with Crippen molar-refractivity contribution in [2.45, 2.75) is 12.8 Å². The molecule has 0 aliphatic carbocycles. The number of carboxylic acid groups (broad SMARTS) is 1. The number of piperidine rings is 1. The molecule has 0 spiro atoms. The Kier molecular flexibility index (Phi) is 4.41. The van der Waals surface area contributed by atoms with Crippen LogP contribution in [0.4, 0.5) is 5.82 Å². The number of carbonyl (C=O) groups is 1. The van der Waals surface area contributed by atoms with E-state index in [1.807, 2.05) is 35.2 Å². The Morgan fingerprint density at radius 1 is 1.30 bits per heavy atom. The van der Waals surface area contributed by atoms with Crippen molar-refractivity contribution < 1.29 is 14.6 Å². The van der Waals surface area contributed by atoms with Gasteiger partial charge in [-0.3, -0.25) is 4.79 Å². The van der Waals surface area contributed by atoms with Crippen molar-refractivity contribution >= 4 is 11.8 Å². The van der Waals surface area contributed by atoms with Crippen molar-refractivity contribution in [3.05, 3.63) is 36.5 Å². The zero-order valence-corrected chi connectivity index (χ0v) is 13.0. The lowest BCUT2D eigenvalue weighted by Gasteiger charge is -2.31. The molecule has 1 aromatic heterocycles. The van der Waals surface area contributed by atoms with Crippen LogP contribution in [0.2, 0.25) is 0 Å². The number of methoxy groups -OCH3 is 1. The molecule has 6 nitrogen and oxygen atoms in total. The molecule has 1 fully saturated rings. The molecule has 0 saturated carbocycles. The maximum absolute atomic E-state index is 11.2. The molecule has 23 heavy (non-hydrogen) atoms. The van der Waals surface area contributed by atoms with E-state index in [9.17, 15) is 9.90 Å². The quantitative estimate of drug-likeness (QED) is 0.934. The molecule has 1 atom stereocenters. The number of hydrogen-bond donors (Lipinski definition) is 1. The maximum Gasteiger partial charge on any atom is 0.308 e. The fourth-order valence-electron chi connectivity index (χ4n) is 2.79. The Morgan fingerprint density at radius 3 is 2.78 bits per heavy atom. The van der Waals surface area contributed by atoms with Gasteiger partial charge in [-0.05, 0) is 43.2 Å². The highest BCUT2D eigenvalue weighted by molar-refractivity contribution is 5.71. The van der Waals surface area contributed by atoms with Gasteiger partial charge in [0.15, 0.2) is 5.82 Å². The molecular formula is C17H19N3O3. The first-order valence-electron chi connectivity index (χ1n) is 7.62. The van der Waals surface area contributed by atoms with Crippen molar-refractivity contribution in [3.8, 4) is 17.1 Å². The third-order valence-electron chi connectivity index (χ3n) is 4.08. The number of aromatic nitrogens is 2. The van der Waals surface area contributed by atoms with Crippen LogP contribution in [0.15, 0.2) is 36.5 Å². The molecule has 3 rings (SSSR count). The molecule has 0 bridgehead atoms. The van der Waals surface area contributed by atoms with E-state index in [1.54, 1.807) is 13.3 Å². The first kappa shape index (κ1) is 15.3. The summed E-state index contributed by atoms with van der Waals surface area (Å²) in [4.78, 5) is 22.1. The lowest BCUT2D eigenvalue weighted by atomic mass is 9.98. The molecule has 0 amide bonds. The average molecular weight is 313 g/mol. The standard InChI is InChI=1S/C17H19N3O3/c1-23-14-6-4-12(5-7-14)16-18-9-8-15(19-16)20-10-2-3-13(11-20)17(21)22/h4-9,13H,2-3,10-11H2,1H3,(H,21,22). The molecule has 1 aromatic carbocycles. The van der Waals surface area contributed by atoms with E-state index >= 15 is 0 Å². The van der Waals surface area contributed by atoms with E-state index in [0.29, 0.717) is 12.4 Å². The molecule has 2 heterocycles. The average Bonchev–Trinajstić information content (AvgIpc) is 2.62. The Morgan fingerprint density at radius 2 is 2.09 bits per heavy atom. The molecule has 6 heteroatoms. The summed E-state index contributed by atoms with van der Waals surface area (Å²) < 4.78 is 5.15. The number of hydrogen-bond acceptors (Lipinski definition) is 5. The van der Waals surface area contributed by atoms with Gasteiger partial charge in [0.1, 0.15) is 11.6 Å². The SMILES string of the molecule is COc1ccc(-c2nccc(N3CCCC(C(=O)O)C3)n2)cc1. The third-order valence-corrected chi connectivity index (χ3v) is 4.08. The maximum atomic E-state index is 11.2. The number of ether oxygens (including phenoxy) is 1. The minimum Gasteiger partial charge on any atom is -0.497 e. The summed E-state index contributed by atoms with van der Waals surface area (Å²) in [5.41, 5.74) is 0.902. The van der Waals surface area contributed by atoms with Gasteiger partial charge in [-0.1, -0.05) is 0 Å². The van der Waals surface area contributed by atoms with Crippen LogP contribution in [-0.2, 0) is 4.79 Å². The summed E-state index contributed by atoms with van der Waals surface area (Å²) in [7, 11) is 1.63. The summed E-state index contributed by atoms with van der Waals surface area (Å²) in [5, 5.41) is 9.21.